The number of rotatable bonds is 8. The molecular formula is C25H29BrN2O4. The Balaban J connectivity index is 2.04. The van der Waals surface area contributed by atoms with Crippen LogP contribution < -0.4 is 4.74 Å². The topological polar surface area (TPSA) is 70.1 Å². The van der Waals surface area contributed by atoms with E-state index < -0.39 is 17.7 Å². The lowest BCUT2D eigenvalue weighted by Gasteiger charge is -2.26. The van der Waals surface area contributed by atoms with Crippen molar-refractivity contribution in [2.45, 2.75) is 32.4 Å². The van der Waals surface area contributed by atoms with Crippen molar-refractivity contribution < 1.29 is 19.4 Å². The number of nitrogens with zero attached hydrogens (tertiary/aromatic N) is 2. The number of likely N-dealkylation sites (tertiary alicyclic amines) is 1. The highest BCUT2D eigenvalue weighted by atomic mass is 79.9. The standard InChI is InChI=1S/C25H29BrN2O4/c1-16(2)32-20-11-9-17(10-12-20)23(29)21-22(18-7-5-8-19(26)15-18)28(25(31)24(21)30)14-6-13-27(3)4/h5,7-12,15-16,22,29H,6,13-14H2,1-4H3/b23-21+/t22-/m1/s1. The smallest absolute Gasteiger partial charge is 0.295 e. The predicted molar refractivity (Wildman–Crippen MR) is 129 cm³/mol. The van der Waals surface area contributed by atoms with Crippen LogP contribution in [-0.4, -0.2) is 59.9 Å². The average molecular weight is 501 g/mol. The van der Waals surface area contributed by atoms with Gasteiger partial charge in [-0.3, -0.25) is 9.59 Å². The summed E-state index contributed by atoms with van der Waals surface area (Å²) in [5, 5.41) is 11.1. The van der Waals surface area contributed by atoms with E-state index in [0.29, 0.717) is 24.3 Å². The zero-order chi connectivity index (χ0) is 23.4. The summed E-state index contributed by atoms with van der Waals surface area (Å²) in [7, 11) is 3.93. The Morgan fingerprint density at radius 2 is 1.84 bits per heavy atom. The highest BCUT2D eigenvalue weighted by Crippen LogP contribution is 2.40. The number of ketones is 1. The molecule has 2 aromatic rings. The molecule has 1 atom stereocenters. The van der Waals surface area contributed by atoms with E-state index in [-0.39, 0.29) is 17.4 Å². The summed E-state index contributed by atoms with van der Waals surface area (Å²) >= 11 is 3.47. The fourth-order valence-corrected chi connectivity index (χ4v) is 4.23. The molecule has 7 heteroatoms. The van der Waals surface area contributed by atoms with Gasteiger partial charge in [-0.15, -0.1) is 0 Å². The Bertz CT molecular complexity index is 1010. The van der Waals surface area contributed by atoms with E-state index in [9.17, 15) is 14.7 Å². The van der Waals surface area contributed by atoms with Gasteiger partial charge in [0.2, 0.25) is 0 Å². The molecule has 0 unspecified atom stereocenters. The van der Waals surface area contributed by atoms with Crippen LogP contribution >= 0.6 is 15.9 Å². The molecular weight excluding hydrogens is 472 g/mol. The van der Waals surface area contributed by atoms with Gasteiger partial charge < -0.3 is 19.6 Å². The normalized spacial score (nSPS) is 18.1. The van der Waals surface area contributed by atoms with Crippen molar-refractivity contribution in [3.05, 3.63) is 69.7 Å². The molecule has 3 rings (SSSR count). The SMILES string of the molecule is CC(C)Oc1ccc(/C(O)=C2\C(=O)C(=O)N(CCCN(C)C)[C@@H]2c2cccc(Br)c2)cc1. The monoisotopic (exact) mass is 500 g/mol. The number of aliphatic hydroxyl groups excluding tert-OH is 1. The minimum absolute atomic E-state index is 0.0264. The van der Waals surface area contributed by atoms with Crippen molar-refractivity contribution in [3.63, 3.8) is 0 Å². The molecule has 1 saturated heterocycles. The van der Waals surface area contributed by atoms with Crippen LogP contribution in [0.3, 0.4) is 0 Å². The van der Waals surface area contributed by atoms with Crippen LogP contribution in [-0.2, 0) is 9.59 Å². The maximum Gasteiger partial charge on any atom is 0.295 e. The molecule has 0 aromatic heterocycles. The molecule has 0 saturated carbocycles. The first-order chi connectivity index (χ1) is 15.2. The molecule has 1 amide bonds. The Hall–Kier alpha value is -2.64. The Kier molecular flexibility index (Phi) is 7.74. The fourth-order valence-electron chi connectivity index (χ4n) is 3.81. The molecule has 1 aliphatic heterocycles. The van der Waals surface area contributed by atoms with Crippen molar-refractivity contribution in [1.82, 2.24) is 9.80 Å². The van der Waals surface area contributed by atoms with Gasteiger partial charge in [0, 0.05) is 16.6 Å². The Labute approximate surface area is 197 Å². The van der Waals surface area contributed by atoms with E-state index >= 15 is 0 Å². The molecule has 0 bridgehead atoms. The van der Waals surface area contributed by atoms with Gasteiger partial charge in [-0.1, -0.05) is 28.1 Å². The maximum atomic E-state index is 13.1. The summed E-state index contributed by atoms with van der Waals surface area (Å²) in [6.45, 7) is 5.07. The average Bonchev–Trinajstić information content (AvgIpc) is 2.98. The fraction of sp³-hybridized carbons (Fsp3) is 0.360. The molecule has 2 aromatic carbocycles. The van der Waals surface area contributed by atoms with E-state index in [1.807, 2.05) is 57.1 Å². The van der Waals surface area contributed by atoms with Crippen LogP contribution in [0.2, 0.25) is 0 Å². The molecule has 6 nitrogen and oxygen atoms in total. The lowest BCUT2D eigenvalue weighted by atomic mass is 9.95. The molecule has 1 aliphatic rings. The number of hydrogen-bond acceptors (Lipinski definition) is 5. The third-order valence-corrected chi connectivity index (χ3v) is 5.70. The third kappa shape index (κ3) is 5.40. The van der Waals surface area contributed by atoms with Crippen LogP contribution in [0.25, 0.3) is 5.76 Å². The minimum atomic E-state index is -0.667. The molecule has 0 radical (unpaired) electrons. The molecule has 32 heavy (non-hydrogen) atoms. The molecule has 170 valence electrons. The zero-order valence-electron chi connectivity index (χ0n) is 18.8. The summed E-state index contributed by atoms with van der Waals surface area (Å²) in [6.07, 6.45) is 0.740. The van der Waals surface area contributed by atoms with Crippen molar-refractivity contribution in [3.8, 4) is 5.75 Å². The first kappa shape index (κ1) is 24.0. The highest BCUT2D eigenvalue weighted by molar-refractivity contribution is 9.10. The van der Waals surface area contributed by atoms with Crippen molar-refractivity contribution in [2.75, 3.05) is 27.2 Å². The molecule has 1 fully saturated rings. The molecule has 1 N–H and O–H groups in total. The number of Topliss-reactive ketones (excluding diaryl/α,β-unsaturated/α-hetero) is 1. The summed E-state index contributed by atoms with van der Waals surface area (Å²) in [5.74, 6) is -0.765. The predicted octanol–water partition coefficient (Wildman–Crippen LogP) is 4.61. The second kappa shape index (κ2) is 10.3. The number of amides is 1. The van der Waals surface area contributed by atoms with E-state index in [1.54, 1.807) is 29.2 Å². The largest absolute Gasteiger partial charge is 0.507 e. The first-order valence-corrected chi connectivity index (χ1v) is 11.4. The van der Waals surface area contributed by atoms with Gasteiger partial charge in [-0.2, -0.15) is 0 Å². The molecule has 0 spiro atoms. The number of hydrogen-bond donors (Lipinski definition) is 1. The lowest BCUT2D eigenvalue weighted by molar-refractivity contribution is -0.139. The van der Waals surface area contributed by atoms with Gasteiger partial charge in [0.05, 0.1) is 17.7 Å². The van der Waals surface area contributed by atoms with Gasteiger partial charge in [-0.25, -0.2) is 0 Å². The maximum absolute atomic E-state index is 13.1. The Morgan fingerprint density at radius 1 is 1.16 bits per heavy atom. The summed E-state index contributed by atoms with van der Waals surface area (Å²) in [5.41, 5.74) is 1.34. The van der Waals surface area contributed by atoms with Gasteiger partial charge in [-0.05, 0) is 82.9 Å². The number of benzene rings is 2. The van der Waals surface area contributed by atoms with E-state index in [2.05, 4.69) is 15.9 Å². The molecule has 0 aliphatic carbocycles. The van der Waals surface area contributed by atoms with Gasteiger partial charge in [0.15, 0.2) is 0 Å². The van der Waals surface area contributed by atoms with Gasteiger partial charge >= 0.3 is 0 Å². The molecule has 1 heterocycles. The van der Waals surface area contributed by atoms with E-state index in [0.717, 1.165) is 16.6 Å². The second-order valence-corrected chi connectivity index (χ2v) is 9.31. The quantitative estimate of drug-likeness (QED) is 0.325. The number of carbonyl (C=O) groups excluding carboxylic acids is 2. The minimum Gasteiger partial charge on any atom is -0.507 e. The van der Waals surface area contributed by atoms with Crippen LogP contribution in [0.15, 0.2) is 58.6 Å². The number of ether oxygens (including phenoxy) is 1. The van der Waals surface area contributed by atoms with Crippen LogP contribution in [0.1, 0.15) is 37.4 Å². The van der Waals surface area contributed by atoms with Gasteiger partial charge in [0.1, 0.15) is 11.5 Å². The second-order valence-electron chi connectivity index (χ2n) is 8.40. The number of aliphatic hydroxyl groups is 1. The zero-order valence-corrected chi connectivity index (χ0v) is 20.4. The van der Waals surface area contributed by atoms with Crippen molar-refractivity contribution in [1.29, 1.82) is 0 Å². The summed E-state index contributed by atoms with van der Waals surface area (Å²) in [4.78, 5) is 29.6. The van der Waals surface area contributed by atoms with Crippen LogP contribution in [0.4, 0.5) is 0 Å². The van der Waals surface area contributed by atoms with E-state index in [1.165, 1.54) is 0 Å². The third-order valence-electron chi connectivity index (χ3n) is 5.21. The van der Waals surface area contributed by atoms with Crippen LogP contribution in [0.5, 0.6) is 5.75 Å². The van der Waals surface area contributed by atoms with Crippen molar-refractivity contribution >= 4 is 33.4 Å². The van der Waals surface area contributed by atoms with Crippen LogP contribution in [0, 0.1) is 0 Å². The first-order valence-electron chi connectivity index (χ1n) is 10.6. The number of carbonyl (C=O) groups is 2. The van der Waals surface area contributed by atoms with Gasteiger partial charge in [0.25, 0.3) is 11.7 Å². The Morgan fingerprint density at radius 3 is 2.44 bits per heavy atom. The number of halogens is 1. The summed E-state index contributed by atoms with van der Waals surface area (Å²) < 4.78 is 6.50. The summed E-state index contributed by atoms with van der Waals surface area (Å²) in [6, 6.07) is 13.7. The highest BCUT2D eigenvalue weighted by Gasteiger charge is 2.45. The lowest BCUT2D eigenvalue weighted by Crippen LogP contribution is -2.32. The van der Waals surface area contributed by atoms with Crippen molar-refractivity contribution in [2.24, 2.45) is 0 Å². The van der Waals surface area contributed by atoms with E-state index in [4.69, 9.17) is 4.74 Å².